The summed E-state index contributed by atoms with van der Waals surface area (Å²) in [5, 5.41) is 9.66. The summed E-state index contributed by atoms with van der Waals surface area (Å²) in [6.07, 6.45) is 3.61. The summed E-state index contributed by atoms with van der Waals surface area (Å²) < 4.78 is 5.76. The van der Waals surface area contributed by atoms with Gasteiger partial charge in [0.25, 0.3) is 0 Å². The predicted molar refractivity (Wildman–Crippen MR) is 88.8 cm³/mol. The van der Waals surface area contributed by atoms with Crippen LogP contribution in [0.3, 0.4) is 0 Å². The number of fused-ring (bicyclic) bond motifs is 1. The second-order valence-corrected chi connectivity index (χ2v) is 6.51. The molecule has 5 heteroatoms. The van der Waals surface area contributed by atoms with Crippen LogP contribution in [0.4, 0.5) is 5.95 Å². The third-order valence-corrected chi connectivity index (χ3v) is 4.62. The van der Waals surface area contributed by atoms with Crippen LogP contribution in [0.2, 0.25) is 0 Å². The molecule has 0 aliphatic carbocycles. The van der Waals surface area contributed by atoms with E-state index in [1.54, 1.807) is 0 Å². The summed E-state index contributed by atoms with van der Waals surface area (Å²) in [6.45, 7) is 5.54. The summed E-state index contributed by atoms with van der Waals surface area (Å²) in [6, 6.07) is 6.30. The number of hydrogen-bond acceptors (Lipinski definition) is 5. The van der Waals surface area contributed by atoms with Gasteiger partial charge in [0.1, 0.15) is 11.9 Å². The van der Waals surface area contributed by atoms with E-state index < -0.39 is 0 Å². The number of benzene rings is 1. The Balaban J connectivity index is 1.64. The molecule has 1 N–H and O–H groups in total. The van der Waals surface area contributed by atoms with Gasteiger partial charge in [-0.15, -0.1) is 0 Å². The van der Waals surface area contributed by atoms with Crippen molar-refractivity contribution < 1.29 is 9.84 Å². The van der Waals surface area contributed by atoms with E-state index in [4.69, 9.17) is 4.74 Å². The average Bonchev–Trinajstić information content (AvgIpc) is 3.11. The lowest BCUT2D eigenvalue weighted by molar-refractivity contribution is 0.198. The summed E-state index contributed by atoms with van der Waals surface area (Å²) >= 11 is 0. The zero-order chi connectivity index (χ0) is 16.0. The molecular weight excluding hydrogens is 290 g/mol. The highest BCUT2D eigenvalue weighted by Crippen LogP contribution is 2.33. The van der Waals surface area contributed by atoms with Gasteiger partial charge in [0.05, 0.1) is 11.8 Å². The molecule has 3 heterocycles. The number of β-amino-alcohol motifs (C(OH)–C–C–N with tert-alkyl or cyclic N) is 1. The van der Waals surface area contributed by atoms with Crippen molar-refractivity contribution in [3.63, 3.8) is 0 Å². The van der Waals surface area contributed by atoms with E-state index in [-0.39, 0.29) is 12.2 Å². The molecule has 5 nitrogen and oxygen atoms in total. The number of aliphatic hydroxyl groups excluding tert-OH is 1. The summed E-state index contributed by atoms with van der Waals surface area (Å²) in [5.41, 5.74) is 4.40. The molecule has 2 aliphatic heterocycles. The van der Waals surface area contributed by atoms with Gasteiger partial charge in [-0.3, -0.25) is 0 Å². The lowest BCUT2D eigenvalue weighted by atomic mass is 10.0. The van der Waals surface area contributed by atoms with Gasteiger partial charge in [-0.1, -0.05) is 6.07 Å². The molecule has 4 rings (SSSR count). The van der Waals surface area contributed by atoms with E-state index in [0.29, 0.717) is 12.5 Å². The summed E-state index contributed by atoms with van der Waals surface area (Å²) in [5.74, 6) is 1.70. The largest absolute Gasteiger partial charge is 0.490 e. The topological polar surface area (TPSA) is 58.5 Å². The zero-order valence-corrected chi connectivity index (χ0v) is 13.5. The number of aromatic nitrogens is 2. The zero-order valence-electron chi connectivity index (χ0n) is 13.5. The number of aryl methyl sites for hydroxylation is 1. The van der Waals surface area contributed by atoms with Crippen molar-refractivity contribution in [3.8, 4) is 16.9 Å². The van der Waals surface area contributed by atoms with Gasteiger partial charge in [-0.05, 0) is 43.5 Å². The van der Waals surface area contributed by atoms with E-state index in [0.717, 1.165) is 42.0 Å². The van der Waals surface area contributed by atoms with Crippen LogP contribution >= 0.6 is 0 Å². The van der Waals surface area contributed by atoms with Crippen LogP contribution in [0.1, 0.15) is 24.6 Å². The maximum atomic E-state index is 9.66. The molecule has 2 atom stereocenters. The van der Waals surface area contributed by atoms with Crippen molar-refractivity contribution in [2.45, 2.75) is 38.9 Å². The normalized spacial score (nSPS) is 23.0. The molecule has 0 bridgehead atoms. The fourth-order valence-corrected chi connectivity index (χ4v) is 3.40. The summed E-state index contributed by atoms with van der Waals surface area (Å²) in [7, 11) is 0. The number of ether oxygens (including phenoxy) is 1. The van der Waals surface area contributed by atoms with Crippen LogP contribution in [-0.4, -0.2) is 40.4 Å². The van der Waals surface area contributed by atoms with Gasteiger partial charge in [-0.25, -0.2) is 9.97 Å². The second kappa shape index (κ2) is 5.49. The van der Waals surface area contributed by atoms with Crippen LogP contribution in [0, 0.1) is 6.92 Å². The molecule has 1 saturated heterocycles. The Labute approximate surface area is 136 Å². The molecule has 0 amide bonds. The Morgan fingerprint density at radius 2 is 2.22 bits per heavy atom. The molecule has 120 valence electrons. The molecule has 0 radical (unpaired) electrons. The van der Waals surface area contributed by atoms with Crippen LogP contribution in [0.15, 0.2) is 24.4 Å². The molecule has 1 fully saturated rings. The highest BCUT2D eigenvalue weighted by Gasteiger charge is 2.23. The Hall–Kier alpha value is -2.14. The van der Waals surface area contributed by atoms with Crippen molar-refractivity contribution in [3.05, 3.63) is 35.7 Å². The molecule has 1 aromatic heterocycles. The first kappa shape index (κ1) is 14.5. The number of hydrogen-bond donors (Lipinski definition) is 1. The minimum Gasteiger partial charge on any atom is -0.490 e. The van der Waals surface area contributed by atoms with Gasteiger partial charge >= 0.3 is 0 Å². The lowest BCUT2D eigenvalue weighted by Crippen LogP contribution is -2.23. The molecule has 0 saturated carbocycles. The SMILES string of the molecule is Cc1nc(N2CC[C@@H](O)C2)ncc1-c1ccc2c(c1)CC(C)O2. The molecule has 2 aromatic rings. The third kappa shape index (κ3) is 2.65. The van der Waals surface area contributed by atoms with Gasteiger partial charge in [0.2, 0.25) is 5.95 Å². The monoisotopic (exact) mass is 311 g/mol. The molecule has 23 heavy (non-hydrogen) atoms. The smallest absolute Gasteiger partial charge is 0.225 e. The standard InChI is InChI=1S/C18H21N3O2/c1-11-7-14-8-13(3-4-17(14)23-11)16-9-19-18(20-12(16)2)21-6-5-15(22)10-21/h3-4,8-9,11,15,22H,5-7,10H2,1-2H3/t11?,15-/m1/s1. The quantitative estimate of drug-likeness (QED) is 0.922. The fourth-order valence-electron chi connectivity index (χ4n) is 3.40. The summed E-state index contributed by atoms with van der Waals surface area (Å²) in [4.78, 5) is 11.2. The first-order valence-electron chi connectivity index (χ1n) is 8.17. The van der Waals surface area contributed by atoms with Crippen molar-refractivity contribution in [1.29, 1.82) is 0 Å². The Kier molecular flexibility index (Phi) is 3.45. The van der Waals surface area contributed by atoms with E-state index in [9.17, 15) is 5.11 Å². The predicted octanol–water partition coefficient (Wildman–Crippen LogP) is 2.35. The number of anilines is 1. The molecule has 2 aliphatic rings. The second-order valence-electron chi connectivity index (χ2n) is 6.51. The highest BCUT2D eigenvalue weighted by atomic mass is 16.5. The first-order chi connectivity index (χ1) is 11.1. The number of rotatable bonds is 2. The van der Waals surface area contributed by atoms with Crippen molar-refractivity contribution in [2.75, 3.05) is 18.0 Å². The Bertz CT molecular complexity index is 747. The van der Waals surface area contributed by atoms with Crippen LogP contribution in [0.5, 0.6) is 5.75 Å². The molecule has 1 unspecified atom stereocenters. The minimum absolute atomic E-state index is 0.251. The third-order valence-electron chi connectivity index (χ3n) is 4.62. The fraction of sp³-hybridized carbons (Fsp3) is 0.444. The van der Waals surface area contributed by atoms with Crippen LogP contribution in [-0.2, 0) is 6.42 Å². The first-order valence-corrected chi connectivity index (χ1v) is 8.17. The maximum Gasteiger partial charge on any atom is 0.225 e. The maximum absolute atomic E-state index is 9.66. The molecule has 0 spiro atoms. The average molecular weight is 311 g/mol. The van der Waals surface area contributed by atoms with E-state index in [1.165, 1.54) is 5.56 Å². The molecular formula is C18H21N3O2. The molecule has 1 aromatic carbocycles. The number of aliphatic hydroxyl groups is 1. The van der Waals surface area contributed by atoms with E-state index >= 15 is 0 Å². The van der Waals surface area contributed by atoms with Crippen molar-refractivity contribution >= 4 is 5.95 Å². The number of nitrogens with zero attached hydrogens (tertiary/aromatic N) is 3. The highest BCUT2D eigenvalue weighted by molar-refractivity contribution is 5.68. The van der Waals surface area contributed by atoms with Gasteiger partial charge in [0, 0.05) is 31.3 Å². The van der Waals surface area contributed by atoms with Crippen LogP contribution < -0.4 is 9.64 Å². The Morgan fingerprint density at radius 3 is 2.96 bits per heavy atom. The van der Waals surface area contributed by atoms with Crippen molar-refractivity contribution in [1.82, 2.24) is 9.97 Å². The van der Waals surface area contributed by atoms with Gasteiger partial charge < -0.3 is 14.7 Å². The van der Waals surface area contributed by atoms with Crippen LogP contribution in [0.25, 0.3) is 11.1 Å². The van der Waals surface area contributed by atoms with Gasteiger partial charge in [0.15, 0.2) is 0 Å². The van der Waals surface area contributed by atoms with E-state index in [2.05, 4.69) is 29.0 Å². The minimum atomic E-state index is -0.266. The van der Waals surface area contributed by atoms with Crippen molar-refractivity contribution in [2.24, 2.45) is 0 Å². The van der Waals surface area contributed by atoms with E-state index in [1.807, 2.05) is 24.1 Å². The Morgan fingerprint density at radius 1 is 1.35 bits per heavy atom. The lowest BCUT2D eigenvalue weighted by Gasteiger charge is -2.16. The van der Waals surface area contributed by atoms with Gasteiger partial charge in [-0.2, -0.15) is 0 Å².